The Morgan fingerprint density at radius 3 is 2.62 bits per heavy atom. The van der Waals surface area contributed by atoms with Crippen molar-refractivity contribution in [2.45, 2.75) is 58.3 Å². The molecule has 1 heterocycles. The minimum absolute atomic E-state index is 0.0793. The average molecular weight is 334 g/mol. The molecule has 4 nitrogen and oxygen atoms in total. The largest absolute Gasteiger partial charge is 0.467 e. The first-order chi connectivity index (χ1) is 11.5. The highest BCUT2D eigenvalue weighted by Crippen LogP contribution is 2.39. The van der Waals surface area contributed by atoms with Crippen LogP contribution in [0.15, 0.2) is 29.8 Å². The van der Waals surface area contributed by atoms with Crippen molar-refractivity contribution in [2.24, 2.45) is 0 Å². The molecular formula is C20H30O4. The van der Waals surface area contributed by atoms with Gasteiger partial charge in [-0.3, -0.25) is 0 Å². The zero-order chi connectivity index (χ0) is 17.6. The standard InChI is InChI=1S/C20H30O4/c1-15(7-11-19-20(2,3)24-19)6-9-17-12-16(13-21-4)8-10-18(17)23-14-22-5/h6,8,10,12,19H,7,9,11,13-14H2,1-5H3/b15-6+/t19-/m1/s1. The summed E-state index contributed by atoms with van der Waals surface area (Å²) in [6, 6.07) is 6.17. The molecule has 1 atom stereocenters. The molecule has 0 aliphatic carbocycles. The molecule has 1 aliphatic rings. The normalized spacial score (nSPS) is 19.4. The lowest BCUT2D eigenvalue weighted by molar-refractivity contribution is 0.0505. The molecule has 134 valence electrons. The van der Waals surface area contributed by atoms with Crippen molar-refractivity contribution in [1.82, 2.24) is 0 Å². The molecular weight excluding hydrogens is 304 g/mol. The molecule has 4 heteroatoms. The lowest BCUT2D eigenvalue weighted by Crippen LogP contribution is -2.03. The lowest BCUT2D eigenvalue weighted by atomic mass is 10.0. The third kappa shape index (κ3) is 5.62. The van der Waals surface area contributed by atoms with Gasteiger partial charge in [0.25, 0.3) is 0 Å². The van der Waals surface area contributed by atoms with Crippen molar-refractivity contribution in [1.29, 1.82) is 0 Å². The summed E-state index contributed by atoms with van der Waals surface area (Å²) in [5, 5.41) is 0. The maximum Gasteiger partial charge on any atom is 0.188 e. The molecule has 1 aliphatic heterocycles. The molecule has 0 aromatic heterocycles. The number of benzene rings is 1. The highest BCUT2D eigenvalue weighted by atomic mass is 16.7. The molecule has 0 saturated carbocycles. The molecule has 0 radical (unpaired) electrons. The van der Waals surface area contributed by atoms with Gasteiger partial charge in [-0.1, -0.05) is 17.7 Å². The van der Waals surface area contributed by atoms with Crippen LogP contribution in [0, 0.1) is 0 Å². The summed E-state index contributed by atoms with van der Waals surface area (Å²) in [6.07, 6.45) is 5.69. The van der Waals surface area contributed by atoms with E-state index < -0.39 is 0 Å². The van der Waals surface area contributed by atoms with Gasteiger partial charge < -0.3 is 18.9 Å². The third-order valence-corrected chi connectivity index (χ3v) is 4.40. The van der Waals surface area contributed by atoms with Gasteiger partial charge in [0.2, 0.25) is 0 Å². The molecule has 1 fully saturated rings. The van der Waals surface area contributed by atoms with Crippen LogP contribution in [-0.4, -0.2) is 32.7 Å². The summed E-state index contributed by atoms with van der Waals surface area (Å²) < 4.78 is 21.6. The van der Waals surface area contributed by atoms with E-state index in [1.165, 1.54) is 5.57 Å². The Kier molecular flexibility index (Phi) is 6.84. The van der Waals surface area contributed by atoms with E-state index in [9.17, 15) is 0 Å². The van der Waals surface area contributed by atoms with Crippen LogP contribution in [0.1, 0.15) is 44.7 Å². The van der Waals surface area contributed by atoms with Crippen LogP contribution in [0.3, 0.4) is 0 Å². The van der Waals surface area contributed by atoms with Crippen LogP contribution in [-0.2, 0) is 27.2 Å². The van der Waals surface area contributed by atoms with Crippen molar-refractivity contribution in [3.05, 3.63) is 41.0 Å². The Balaban J connectivity index is 1.97. The van der Waals surface area contributed by atoms with Crippen LogP contribution < -0.4 is 4.74 Å². The Hall–Kier alpha value is -1.36. The van der Waals surface area contributed by atoms with Crippen LogP contribution in [0.4, 0.5) is 0 Å². The predicted octanol–water partition coefficient (Wildman–Crippen LogP) is 4.26. The SMILES string of the molecule is COCOc1ccc(COC)cc1C/C=C(\C)CC[C@H]1OC1(C)C. The van der Waals surface area contributed by atoms with Gasteiger partial charge in [0.1, 0.15) is 5.75 Å². The number of rotatable bonds is 10. The van der Waals surface area contributed by atoms with Crippen LogP contribution in [0.25, 0.3) is 0 Å². The molecule has 0 unspecified atom stereocenters. The Labute approximate surface area is 145 Å². The van der Waals surface area contributed by atoms with Crippen LogP contribution in [0.5, 0.6) is 5.75 Å². The number of hydrogen-bond donors (Lipinski definition) is 0. The van der Waals surface area contributed by atoms with E-state index in [4.69, 9.17) is 18.9 Å². The smallest absolute Gasteiger partial charge is 0.188 e. The molecule has 0 N–H and O–H groups in total. The van der Waals surface area contributed by atoms with Gasteiger partial charge in [0.15, 0.2) is 6.79 Å². The van der Waals surface area contributed by atoms with E-state index in [1.807, 2.05) is 12.1 Å². The van der Waals surface area contributed by atoms with E-state index in [1.54, 1.807) is 14.2 Å². The number of epoxide rings is 1. The fraction of sp³-hybridized carbons (Fsp3) is 0.600. The van der Waals surface area contributed by atoms with E-state index in [0.717, 1.165) is 36.1 Å². The third-order valence-electron chi connectivity index (χ3n) is 4.40. The summed E-state index contributed by atoms with van der Waals surface area (Å²) in [5.41, 5.74) is 3.77. The molecule has 0 spiro atoms. The second kappa shape index (κ2) is 8.65. The molecule has 1 aromatic rings. The summed E-state index contributed by atoms with van der Waals surface area (Å²) in [5.74, 6) is 0.868. The highest BCUT2D eigenvalue weighted by molar-refractivity contribution is 5.38. The topological polar surface area (TPSA) is 40.2 Å². The molecule has 24 heavy (non-hydrogen) atoms. The molecule has 2 rings (SSSR count). The maximum absolute atomic E-state index is 5.67. The van der Waals surface area contributed by atoms with Crippen LogP contribution >= 0.6 is 0 Å². The Bertz CT molecular complexity index is 563. The Morgan fingerprint density at radius 1 is 1.25 bits per heavy atom. The first-order valence-corrected chi connectivity index (χ1v) is 8.52. The zero-order valence-corrected chi connectivity index (χ0v) is 15.6. The van der Waals surface area contributed by atoms with Gasteiger partial charge >= 0.3 is 0 Å². The van der Waals surface area contributed by atoms with Crippen molar-refractivity contribution < 1.29 is 18.9 Å². The number of allylic oxidation sites excluding steroid dienone is 2. The first-order valence-electron chi connectivity index (χ1n) is 8.52. The van der Waals surface area contributed by atoms with Gasteiger partial charge in [-0.15, -0.1) is 0 Å². The van der Waals surface area contributed by atoms with Gasteiger partial charge in [0, 0.05) is 14.2 Å². The van der Waals surface area contributed by atoms with E-state index in [0.29, 0.717) is 12.7 Å². The van der Waals surface area contributed by atoms with Gasteiger partial charge in [-0.05, 0) is 63.3 Å². The minimum Gasteiger partial charge on any atom is -0.467 e. The van der Waals surface area contributed by atoms with E-state index >= 15 is 0 Å². The quantitative estimate of drug-likeness (QED) is 0.364. The highest BCUT2D eigenvalue weighted by Gasteiger charge is 2.46. The lowest BCUT2D eigenvalue weighted by Gasteiger charge is -2.12. The molecule has 0 amide bonds. The fourth-order valence-electron chi connectivity index (χ4n) is 2.80. The summed E-state index contributed by atoms with van der Waals surface area (Å²) >= 11 is 0. The molecule has 1 saturated heterocycles. The van der Waals surface area contributed by atoms with Crippen molar-refractivity contribution >= 4 is 0 Å². The maximum atomic E-state index is 5.67. The Morgan fingerprint density at radius 2 is 2.00 bits per heavy atom. The number of methoxy groups -OCH3 is 2. The number of hydrogen-bond acceptors (Lipinski definition) is 4. The minimum atomic E-state index is 0.0793. The number of ether oxygens (including phenoxy) is 4. The summed E-state index contributed by atoms with van der Waals surface area (Å²) in [4.78, 5) is 0. The predicted molar refractivity (Wildman–Crippen MR) is 95.3 cm³/mol. The van der Waals surface area contributed by atoms with Crippen molar-refractivity contribution in [2.75, 3.05) is 21.0 Å². The average Bonchev–Trinajstić information content (AvgIpc) is 3.17. The molecule has 1 aromatic carbocycles. The van der Waals surface area contributed by atoms with Crippen molar-refractivity contribution in [3.63, 3.8) is 0 Å². The van der Waals surface area contributed by atoms with E-state index in [2.05, 4.69) is 32.9 Å². The molecule has 0 bridgehead atoms. The first kappa shape index (κ1) is 19.0. The van der Waals surface area contributed by atoms with Crippen molar-refractivity contribution in [3.8, 4) is 5.75 Å². The summed E-state index contributed by atoms with van der Waals surface area (Å²) in [7, 11) is 3.34. The second-order valence-electron chi connectivity index (χ2n) is 6.93. The van der Waals surface area contributed by atoms with Crippen LogP contribution in [0.2, 0.25) is 0 Å². The van der Waals surface area contributed by atoms with Gasteiger partial charge in [-0.25, -0.2) is 0 Å². The zero-order valence-electron chi connectivity index (χ0n) is 15.6. The van der Waals surface area contributed by atoms with Gasteiger partial charge in [0.05, 0.1) is 18.3 Å². The van der Waals surface area contributed by atoms with Gasteiger partial charge in [-0.2, -0.15) is 0 Å². The monoisotopic (exact) mass is 334 g/mol. The fourth-order valence-corrected chi connectivity index (χ4v) is 2.80. The second-order valence-corrected chi connectivity index (χ2v) is 6.93. The van der Waals surface area contributed by atoms with E-state index in [-0.39, 0.29) is 12.4 Å². The summed E-state index contributed by atoms with van der Waals surface area (Å²) in [6.45, 7) is 7.35.